The smallest absolute Gasteiger partial charge is 0.190 e. The Balaban J connectivity index is 2.00. The summed E-state index contributed by atoms with van der Waals surface area (Å²) >= 11 is 0. The first-order valence-corrected chi connectivity index (χ1v) is 5.95. The van der Waals surface area contributed by atoms with Gasteiger partial charge < -0.3 is 5.11 Å². The number of aromatic nitrogens is 2. The van der Waals surface area contributed by atoms with Gasteiger partial charge in [0.15, 0.2) is 12.0 Å². The van der Waals surface area contributed by atoms with Crippen LogP contribution in [0.25, 0.3) is 0 Å². The van der Waals surface area contributed by atoms with Gasteiger partial charge in [0.05, 0.1) is 5.69 Å². The molecule has 5 nitrogen and oxygen atoms in total. The standard InChI is InChI=1S/C13H14N4O/c1-9-4-2-3-5-11(9)13-15-14-12-8-10(6-7-18)16-17(12)13/h2-5,8,13,18H,6-7H2,1H3. The summed E-state index contributed by atoms with van der Waals surface area (Å²) in [6.45, 7) is 2.16. The van der Waals surface area contributed by atoms with Crippen LogP contribution < -0.4 is 0 Å². The summed E-state index contributed by atoms with van der Waals surface area (Å²) in [4.78, 5) is 0. The predicted octanol–water partition coefficient (Wildman–Crippen LogP) is 2.37. The van der Waals surface area contributed by atoms with Crippen molar-refractivity contribution < 1.29 is 5.11 Å². The molecule has 1 aromatic heterocycles. The monoisotopic (exact) mass is 242 g/mol. The lowest BCUT2D eigenvalue weighted by molar-refractivity contribution is 0.297. The molecule has 0 radical (unpaired) electrons. The number of aliphatic hydroxyl groups is 1. The van der Waals surface area contributed by atoms with E-state index in [0.717, 1.165) is 17.1 Å². The number of hydrogen-bond donors (Lipinski definition) is 1. The average molecular weight is 242 g/mol. The fraction of sp³-hybridized carbons (Fsp3) is 0.308. The van der Waals surface area contributed by atoms with Gasteiger partial charge in [0.1, 0.15) is 0 Å². The number of nitrogens with zero attached hydrogens (tertiary/aromatic N) is 4. The van der Waals surface area contributed by atoms with Gasteiger partial charge >= 0.3 is 0 Å². The molecule has 0 fully saturated rings. The zero-order valence-electron chi connectivity index (χ0n) is 10.1. The van der Waals surface area contributed by atoms with Crippen LogP contribution >= 0.6 is 0 Å². The molecule has 5 heteroatoms. The second kappa shape index (κ2) is 4.34. The largest absolute Gasteiger partial charge is 0.396 e. The van der Waals surface area contributed by atoms with E-state index in [0.29, 0.717) is 6.42 Å². The third-order valence-electron chi connectivity index (χ3n) is 3.10. The molecule has 1 aromatic carbocycles. The van der Waals surface area contributed by atoms with Crippen LogP contribution in [0.5, 0.6) is 0 Å². The number of aryl methyl sites for hydroxylation is 1. The number of aliphatic hydroxyl groups excluding tert-OH is 1. The summed E-state index contributed by atoms with van der Waals surface area (Å²) in [5.74, 6) is 0.756. The van der Waals surface area contributed by atoms with Gasteiger partial charge in [0.25, 0.3) is 0 Å². The van der Waals surface area contributed by atoms with E-state index in [1.165, 1.54) is 5.56 Å². The van der Waals surface area contributed by atoms with Gasteiger partial charge in [0.2, 0.25) is 0 Å². The fourth-order valence-electron chi connectivity index (χ4n) is 2.16. The lowest BCUT2D eigenvalue weighted by Gasteiger charge is -2.11. The first-order valence-electron chi connectivity index (χ1n) is 5.95. The molecule has 2 heterocycles. The lowest BCUT2D eigenvalue weighted by Crippen LogP contribution is -2.08. The Labute approximate surface area is 105 Å². The van der Waals surface area contributed by atoms with Crippen molar-refractivity contribution in [1.29, 1.82) is 0 Å². The molecule has 3 rings (SSSR count). The summed E-state index contributed by atoms with van der Waals surface area (Å²) < 4.78 is 1.81. The molecule has 92 valence electrons. The van der Waals surface area contributed by atoms with Crippen molar-refractivity contribution in [3.8, 4) is 0 Å². The second-order valence-corrected chi connectivity index (χ2v) is 4.36. The van der Waals surface area contributed by atoms with Crippen LogP contribution in [0, 0.1) is 6.92 Å². The zero-order chi connectivity index (χ0) is 12.5. The van der Waals surface area contributed by atoms with Crippen molar-refractivity contribution in [3.05, 3.63) is 47.2 Å². The van der Waals surface area contributed by atoms with E-state index < -0.39 is 0 Å². The number of hydrogen-bond acceptors (Lipinski definition) is 4. The summed E-state index contributed by atoms with van der Waals surface area (Å²) in [5, 5.41) is 21.8. The third kappa shape index (κ3) is 1.73. The number of rotatable bonds is 3. The summed E-state index contributed by atoms with van der Waals surface area (Å²) in [7, 11) is 0. The van der Waals surface area contributed by atoms with Crippen molar-refractivity contribution in [2.45, 2.75) is 19.5 Å². The molecule has 0 bridgehead atoms. The Bertz CT molecular complexity index is 603. The number of benzene rings is 1. The van der Waals surface area contributed by atoms with Crippen LogP contribution in [0.15, 0.2) is 40.6 Å². The van der Waals surface area contributed by atoms with Crippen molar-refractivity contribution >= 4 is 5.82 Å². The molecule has 0 amide bonds. The summed E-state index contributed by atoms with van der Waals surface area (Å²) in [6, 6.07) is 9.97. The highest BCUT2D eigenvalue weighted by atomic mass is 16.3. The lowest BCUT2D eigenvalue weighted by atomic mass is 10.1. The first-order chi connectivity index (χ1) is 8.79. The predicted molar refractivity (Wildman–Crippen MR) is 66.9 cm³/mol. The molecule has 1 aliphatic rings. The van der Waals surface area contributed by atoms with E-state index >= 15 is 0 Å². The Morgan fingerprint density at radius 3 is 2.94 bits per heavy atom. The maximum atomic E-state index is 8.93. The molecule has 0 spiro atoms. The van der Waals surface area contributed by atoms with E-state index in [9.17, 15) is 0 Å². The highest BCUT2D eigenvalue weighted by Crippen LogP contribution is 2.34. The molecule has 1 unspecified atom stereocenters. The molecule has 1 N–H and O–H groups in total. The Morgan fingerprint density at radius 1 is 1.33 bits per heavy atom. The highest BCUT2D eigenvalue weighted by molar-refractivity contribution is 5.37. The van der Waals surface area contributed by atoms with E-state index in [4.69, 9.17) is 5.11 Å². The topological polar surface area (TPSA) is 62.8 Å². The molecule has 1 aliphatic heterocycles. The van der Waals surface area contributed by atoms with Crippen LogP contribution in [-0.4, -0.2) is 21.5 Å². The van der Waals surface area contributed by atoms with Gasteiger partial charge in [-0.2, -0.15) is 10.2 Å². The molecule has 0 saturated carbocycles. The Kier molecular flexibility index (Phi) is 2.68. The number of fused-ring (bicyclic) bond motifs is 1. The van der Waals surface area contributed by atoms with E-state index in [1.807, 2.05) is 28.9 Å². The van der Waals surface area contributed by atoms with Gasteiger partial charge in [-0.15, -0.1) is 5.11 Å². The minimum absolute atomic E-state index is 0.0998. The molecular formula is C13H14N4O. The minimum Gasteiger partial charge on any atom is -0.396 e. The second-order valence-electron chi connectivity index (χ2n) is 4.36. The van der Waals surface area contributed by atoms with Crippen molar-refractivity contribution in [2.75, 3.05) is 6.61 Å². The van der Waals surface area contributed by atoms with E-state index in [1.54, 1.807) is 0 Å². The quantitative estimate of drug-likeness (QED) is 0.898. The Hall–Kier alpha value is -2.01. The third-order valence-corrected chi connectivity index (χ3v) is 3.10. The molecule has 2 aromatic rings. The summed E-state index contributed by atoms with van der Waals surface area (Å²) in [5.41, 5.74) is 3.14. The molecular weight excluding hydrogens is 228 g/mol. The zero-order valence-corrected chi connectivity index (χ0v) is 10.1. The van der Waals surface area contributed by atoms with Gasteiger partial charge in [-0.05, 0) is 12.5 Å². The summed E-state index contributed by atoms with van der Waals surface area (Å²) in [6.07, 6.45) is 0.379. The molecule has 1 atom stereocenters. The van der Waals surface area contributed by atoms with Crippen LogP contribution in [-0.2, 0) is 6.42 Å². The van der Waals surface area contributed by atoms with E-state index in [2.05, 4.69) is 28.3 Å². The normalized spacial score (nSPS) is 17.1. The molecule has 0 aliphatic carbocycles. The minimum atomic E-state index is -0.173. The van der Waals surface area contributed by atoms with Crippen LogP contribution in [0.3, 0.4) is 0 Å². The van der Waals surface area contributed by atoms with Crippen molar-refractivity contribution in [2.24, 2.45) is 10.2 Å². The maximum absolute atomic E-state index is 8.93. The van der Waals surface area contributed by atoms with Crippen molar-refractivity contribution in [3.63, 3.8) is 0 Å². The Morgan fingerprint density at radius 2 is 2.17 bits per heavy atom. The maximum Gasteiger partial charge on any atom is 0.190 e. The van der Waals surface area contributed by atoms with Gasteiger partial charge in [-0.25, -0.2) is 4.68 Å². The van der Waals surface area contributed by atoms with Crippen molar-refractivity contribution in [1.82, 2.24) is 9.78 Å². The SMILES string of the molecule is Cc1ccccc1C1N=Nc2cc(CCO)nn21. The van der Waals surface area contributed by atoms with Crippen LogP contribution in [0.4, 0.5) is 5.82 Å². The highest BCUT2D eigenvalue weighted by Gasteiger charge is 2.24. The van der Waals surface area contributed by atoms with Gasteiger partial charge in [0, 0.05) is 24.7 Å². The van der Waals surface area contributed by atoms with Crippen LogP contribution in [0.1, 0.15) is 23.0 Å². The fourth-order valence-corrected chi connectivity index (χ4v) is 2.16. The molecule has 0 saturated heterocycles. The van der Waals surface area contributed by atoms with Gasteiger partial charge in [-0.1, -0.05) is 24.3 Å². The first kappa shape index (κ1) is 11.1. The average Bonchev–Trinajstić information content (AvgIpc) is 2.90. The van der Waals surface area contributed by atoms with Gasteiger partial charge in [-0.3, -0.25) is 0 Å². The van der Waals surface area contributed by atoms with Crippen LogP contribution in [0.2, 0.25) is 0 Å². The number of azo groups is 1. The molecule has 18 heavy (non-hydrogen) atoms. The van der Waals surface area contributed by atoms with E-state index in [-0.39, 0.29) is 12.8 Å².